The Kier molecular flexibility index (Phi) is 4.44. The molecule has 8 nitrogen and oxygen atoms in total. The highest BCUT2D eigenvalue weighted by Crippen LogP contribution is 2.37. The number of hydrogen-bond donors (Lipinski definition) is 1. The van der Waals surface area contributed by atoms with Gasteiger partial charge in [-0.3, -0.25) is 4.98 Å². The van der Waals surface area contributed by atoms with Gasteiger partial charge in [-0.2, -0.15) is 5.10 Å². The molecule has 6 heterocycles. The maximum absolute atomic E-state index is 5.91. The van der Waals surface area contributed by atoms with Crippen LogP contribution in [0.15, 0.2) is 67.4 Å². The normalized spacial score (nSPS) is 12.5. The third-order valence-corrected chi connectivity index (χ3v) is 6.70. The molecule has 2 N–H and O–H groups in total. The van der Waals surface area contributed by atoms with Crippen molar-refractivity contribution in [3.8, 4) is 22.0 Å². The van der Waals surface area contributed by atoms with Crippen molar-refractivity contribution in [1.82, 2.24) is 34.1 Å². The van der Waals surface area contributed by atoms with E-state index in [4.69, 9.17) is 10.8 Å². The summed E-state index contributed by atoms with van der Waals surface area (Å²) < 4.78 is 4.14. The first-order valence-corrected chi connectivity index (χ1v) is 11.4. The fourth-order valence-corrected chi connectivity index (χ4v) is 5.00. The number of fused-ring (bicyclic) bond motifs is 2. The van der Waals surface area contributed by atoms with Crippen molar-refractivity contribution in [3.05, 3.63) is 78.6 Å². The van der Waals surface area contributed by atoms with Crippen LogP contribution in [-0.2, 0) is 0 Å². The number of hydrogen-bond acceptors (Lipinski definition) is 7. The Bertz CT molecular complexity index is 1610. The van der Waals surface area contributed by atoms with Crippen molar-refractivity contribution in [1.29, 1.82) is 0 Å². The lowest BCUT2D eigenvalue weighted by Gasteiger charge is -2.15. The van der Waals surface area contributed by atoms with Gasteiger partial charge in [-0.1, -0.05) is 23.5 Å². The lowest BCUT2D eigenvalue weighted by molar-refractivity contribution is 0.582. The van der Waals surface area contributed by atoms with Crippen LogP contribution in [0.5, 0.6) is 0 Å². The second kappa shape index (κ2) is 7.49. The molecule has 0 spiro atoms. The van der Waals surface area contributed by atoms with Crippen LogP contribution in [0.25, 0.3) is 38.5 Å². The van der Waals surface area contributed by atoms with Crippen LogP contribution in [0.3, 0.4) is 0 Å². The minimum absolute atomic E-state index is 0.113. The first-order chi connectivity index (χ1) is 16.1. The monoisotopic (exact) mass is 452 g/mol. The molecule has 162 valence electrons. The molecule has 6 rings (SSSR count). The second-order valence-electron chi connectivity index (χ2n) is 7.85. The van der Waals surface area contributed by atoms with E-state index < -0.39 is 0 Å². The number of thiazole rings is 1. The topological polar surface area (TPSA) is 99.8 Å². The number of aryl methyl sites for hydroxylation is 1. The predicted molar refractivity (Wildman–Crippen MR) is 130 cm³/mol. The standard InChI is InChI=1S/C24H20N8S/c1-14-20-21(19-12-27-24(25)33-19)30-32(23(20)29-13-28-14)15(2)17-11-16-7-4-6-10-31(16)22(17)18-8-3-5-9-26-18/h3-13,15H,1-2H3,(H2,25,27). The summed E-state index contributed by atoms with van der Waals surface area (Å²) in [4.78, 5) is 18.8. The van der Waals surface area contributed by atoms with E-state index in [1.54, 1.807) is 12.5 Å². The van der Waals surface area contributed by atoms with Crippen LogP contribution < -0.4 is 5.73 Å². The van der Waals surface area contributed by atoms with Crippen LogP contribution in [0, 0.1) is 6.92 Å². The zero-order chi connectivity index (χ0) is 22.5. The van der Waals surface area contributed by atoms with Crippen molar-refractivity contribution in [3.63, 3.8) is 0 Å². The molecule has 0 radical (unpaired) electrons. The van der Waals surface area contributed by atoms with Crippen LogP contribution in [-0.4, -0.2) is 34.1 Å². The minimum Gasteiger partial charge on any atom is -0.375 e. The van der Waals surface area contributed by atoms with Crippen molar-refractivity contribution in [2.24, 2.45) is 0 Å². The number of nitrogen functional groups attached to an aromatic ring is 1. The molecule has 6 aromatic rings. The van der Waals surface area contributed by atoms with Gasteiger partial charge in [0.15, 0.2) is 10.8 Å². The number of rotatable bonds is 4. The summed E-state index contributed by atoms with van der Waals surface area (Å²) in [6, 6.07) is 14.2. The Morgan fingerprint density at radius 3 is 2.70 bits per heavy atom. The maximum Gasteiger partial charge on any atom is 0.180 e. The van der Waals surface area contributed by atoms with Gasteiger partial charge in [0, 0.05) is 29.7 Å². The Labute approximate surface area is 193 Å². The molecule has 0 bridgehead atoms. The highest BCUT2D eigenvalue weighted by atomic mass is 32.1. The van der Waals surface area contributed by atoms with Crippen LogP contribution >= 0.6 is 11.3 Å². The molecule has 6 aromatic heterocycles. The molecule has 0 aliphatic heterocycles. The molecule has 0 aromatic carbocycles. The Hall–Kier alpha value is -4.11. The van der Waals surface area contributed by atoms with E-state index in [9.17, 15) is 0 Å². The molecule has 0 aliphatic rings. The van der Waals surface area contributed by atoms with E-state index in [0.29, 0.717) is 5.13 Å². The third-order valence-electron chi connectivity index (χ3n) is 5.87. The summed E-state index contributed by atoms with van der Waals surface area (Å²) in [5.41, 5.74) is 12.5. The van der Waals surface area contributed by atoms with Gasteiger partial charge in [0.05, 0.1) is 33.4 Å². The molecule has 0 amide bonds. The number of anilines is 1. The summed E-state index contributed by atoms with van der Waals surface area (Å²) in [7, 11) is 0. The Morgan fingerprint density at radius 1 is 1.03 bits per heavy atom. The minimum atomic E-state index is -0.113. The summed E-state index contributed by atoms with van der Waals surface area (Å²) in [6.07, 6.45) is 7.23. The quantitative estimate of drug-likeness (QED) is 0.414. The lowest BCUT2D eigenvalue weighted by atomic mass is 10.1. The average Bonchev–Trinajstić information content (AvgIpc) is 3.54. The number of aromatic nitrogens is 7. The number of nitrogens with two attached hydrogens (primary N) is 1. The summed E-state index contributed by atoms with van der Waals surface area (Å²) >= 11 is 1.41. The summed E-state index contributed by atoms with van der Waals surface area (Å²) in [6.45, 7) is 4.11. The molecule has 9 heteroatoms. The van der Waals surface area contributed by atoms with Gasteiger partial charge >= 0.3 is 0 Å². The molecular weight excluding hydrogens is 432 g/mol. The van der Waals surface area contributed by atoms with Crippen molar-refractivity contribution in [2.45, 2.75) is 19.9 Å². The van der Waals surface area contributed by atoms with Crippen LogP contribution in [0.2, 0.25) is 0 Å². The van der Waals surface area contributed by atoms with E-state index in [-0.39, 0.29) is 6.04 Å². The van der Waals surface area contributed by atoms with Gasteiger partial charge in [0.2, 0.25) is 0 Å². The van der Waals surface area contributed by atoms with Gasteiger partial charge in [0.25, 0.3) is 0 Å². The molecule has 0 aliphatic carbocycles. The second-order valence-corrected chi connectivity index (χ2v) is 8.91. The van der Waals surface area contributed by atoms with E-state index in [2.05, 4.69) is 49.6 Å². The highest BCUT2D eigenvalue weighted by Gasteiger charge is 2.25. The Morgan fingerprint density at radius 2 is 1.91 bits per heavy atom. The smallest absolute Gasteiger partial charge is 0.180 e. The van der Waals surface area contributed by atoms with E-state index in [1.807, 2.05) is 48.1 Å². The van der Waals surface area contributed by atoms with Gasteiger partial charge in [-0.25, -0.2) is 19.6 Å². The molecule has 0 saturated carbocycles. The molecule has 1 unspecified atom stereocenters. The molecule has 0 saturated heterocycles. The van der Waals surface area contributed by atoms with Crippen LogP contribution in [0.4, 0.5) is 5.13 Å². The molecule has 33 heavy (non-hydrogen) atoms. The summed E-state index contributed by atoms with van der Waals surface area (Å²) in [5, 5.41) is 6.43. The zero-order valence-corrected chi connectivity index (χ0v) is 18.9. The largest absolute Gasteiger partial charge is 0.375 e. The van der Waals surface area contributed by atoms with E-state index >= 15 is 0 Å². The fourth-order valence-electron chi connectivity index (χ4n) is 4.33. The maximum atomic E-state index is 5.91. The molecular formula is C24H20N8S. The first kappa shape index (κ1) is 19.6. The summed E-state index contributed by atoms with van der Waals surface area (Å²) in [5.74, 6) is 0. The van der Waals surface area contributed by atoms with Crippen molar-refractivity contribution >= 4 is 33.0 Å². The third kappa shape index (κ3) is 3.08. The van der Waals surface area contributed by atoms with Crippen molar-refractivity contribution < 1.29 is 0 Å². The molecule has 0 fully saturated rings. The van der Waals surface area contributed by atoms with E-state index in [1.165, 1.54) is 11.3 Å². The van der Waals surface area contributed by atoms with E-state index in [0.717, 1.165) is 49.8 Å². The SMILES string of the molecule is Cc1ncnc2c1c(-c1cnc(N)s1)nn2C(C)c1cc2ccccn2c1-c1ccccn1. The Balaban J connectivity index is 1.61. The number of nitrogens with zero attached hydrogens (tertiary/aromatic N) is 7. The van der Waals surface area contributed by atoms with Gasteiger partial charge in [-0.15, -0.1) is 0 Å². The highest BCUT2D eigenvalue weighted by molar-refractivity contribution is 7.18. The first-order valence-electron chi connectivity index (χ1n) is 10.5. The zero-order valence-electron chi connectivity index (χ0n) is 18.0. The van der Waals surface area contributed by atoms with Gasteiger partial charge < -0.3 is 10.1 Å². The average molecular weight is 453 g/mol. The van der Waals surface area contributed by atoms with Crippen molar-refractivity contribution in [2.75, 3.05) is 5.73 Å². The molecule has 1 atom stereocenters. The number of pyridine rings is 2. The fraction of sp³-hybridized carbons (Fsp3) is 0.125. The van der Waals surface area contributed by atoms with Crippen LogP contribution in [0.1, 0.15) is 24.2 Å². The lowest BCUT2D eigenvalue weighted by Crippen LogP contribution is -2.10. The predicted octanol–water partition coefficient (Wildman–Crippen LogP) is 4.76. The van der Waals surface area contributed by atoms with Gasteiger partial charge in [0.1, 0.15) is 12.0 Å². The van der Waals surface area contributed by atoms with Gasteiger partial charge in [-0.05, 0) is 44.2 Å².